The first-order valence-electron chi connectivity index (χ1n) is 7.23. The number of nitrogens with zero attached hydrogens (tertiary/aromatic N) is 1. The SMILES string of the molecule is O=C(NC1(CO)CCCC1)c1csc(C2CCCO2)n1. The number of carbonyl (C=O) groups excluding carboxylic acids is 1. The van der Waals surface area contributed by atoms with E-state index in [1.54, 1.807) is 5.38 Å². The van der Waals surface area contributed by atoms with Crippen molar-refractivity contribution >= 4 is 17.2 Å². The Labute approximate surface area is 122 Å². The number of rotatable bonds is 4. The molecule has 1 unspecified atom stereocenters. The van der Waals surface area contributed by atoms with E-state index in [-0.39, 0.29) is 18.6 Å². The zero-order valence-electron chi connectivity index (χ0n) is 11.4. The number of aromatic nitrogens is 1. The number of aliphatic hydroxyl groups is 1. The highest BCUT2D eigenvalue weighted by Crippen LogP contribution is 2.32. The lowest BCUT2D eigenvalue weighted by atomic mass is 9.99. The summed E-state index contributed by atoms with van der Waals surface area (Å²) in [5.74, 6) is -0.179. The summed E-state index contributed by atoms with van der Waals surface area (Å²) in [5.41, 5.74) is 0.00489. The van der Waals surface area contributed by atoms with Crippen molar-refractivity contribution in [2.75, 3.05) is 13.2 Å². The molecule has 3 rings (SSSR count). The van der Waals surface area contributed by atoms with Gasteiger partial charge in [0.25, 0.3) is 5.91 Å². The highest BCUT2D eigenvalue weighted by Gasteiger charge is 2.35. The first-order chi connectivity index (χ1) is 9.72. The zero-order valence-corrected chi connectivity index (χ0v) is 12.2. The number of amides is 1. The van der Waals surface area contributed by atoms with Crippen LogP contribution < -0.4 is 5.32 Å². The van der Waals surface area contributed by atoms with E-state index in [1.165, 1.54) is 11.3 Å². The molecule has 0 radical (unpaired) electrons. The molecule has 1 aromatic rings. The molecule has 1 aromatic heterocycles. The van der Waals surface area contributed by atoms with Crippen molar-refractivity contribution in [3.05, 3.63) is 16.1 Å². The number of thiazole rings is 1. The Hall–Kier alpha value is -0.980. The molecular weight excluding hydrogens is 276 g/mol. The van der Waals surface area contributed by atoms with E-state index in [4.69, 9.17) is 4.74 Å². The minimum atomic E-state index is -0.440. The van der Waals surface area contributed by atoms with E-state index in [2.05, 4.69) is 10.3 Å². The van der Waals surface area contributed by atoms with Crippen LogP contribution in [-0.4, -0.2) is 34.8 Å². The molecule has 5 nitrogen and oxygen atoms in total. The maximum Gasteiger partial charge on any atom is 0.271 e. The Morgan fingerprint density at radius 3 is 2.95 bits per heavy atom. The molecule has 110 valence electrons. The first-order valence-corrected chi connectivity index (χ1v) is 8.11. The molecule has 0 spiro atoms. The van der Waals surface area contributed by atoms with Gasteiger partial charge in [0.05, 0.1) is 12.1 Å². The Kier molecular flexibility index (Phi) is 4.05. The van der Waals surface area contributed by atoms with Gasteiger partial charge in [0.1, 0.15) is 16.8 Å². The average Bonchev–Trinajstić information content (AvgIpc) is 3.19. The van der Waals surface area contributed by atoms with Crippen LogP contribution in [0.4, 0.5) is 0 Å². The van der Waals surface area contributed by atoms with E-state index < -0.39 is 5.54 Å². The smallest absolute Gasteiger partial charge is 0.271 e. The molecule has 1 aliphatic heterocycles. The third kappa shape index (κ3) is 2.73. The van der Waals surface area contributed by atoms with Crippen molar-refractivity contribution in [1.82, 2.24) is 10.3 Å². The van der Waals surface area contributed by atoms with Crippen LogP contribution in [0.25, 0.3) is 0 Å². The largest absolute Gasteiger partial charge is 0.394 e. The van der Waals surface area contributed by atoms with Crippen LogP contribution in [0, 0.1) is 0 Å². The van der Waals surface area contributed by atoms with Gasteiger partial charge in [0, 0.05) is 12.0 Å². The van der Waals surface area contributed by atoms with E-state index in [1.807, 2.05) is 0 Å². The van der Waals surface area contributed by atoms with Crippen LogP contribution in [0.5, 0.6) is 0 Å². The molecule has 1 saturated heterocycles. The standard InChI is InChI=1S/C14H20N2O3S/c17-9-14(5-1-2-6-14)16-12(18)10-8-20-13(15-10)11-4-3-7-19-11/h8,11,17H,1-7,9H2,(H,16,18). The summed E-state index contributed by atoms with van der Waals surface area (Å²) < 4.78 is 5.58. The fourth-order valence-electron chi connectivity index (χ4n) is 2.99. The number of carbonyl (C=O) groups is 1. The third-order valence-corrected chi connectivity index (χ3v) is 5.14. The fourth-order valence-corrected chi connectivity index (χ4v) is 3.87. The van der Waals surface area contributed by atoms with Gasteiger partial charge in [0.15, 0.2) is 0 Å². The van der Waals surface area contributed by atoms with Crippen molar-refractivity contribution in [3.63, 3.8) is 0 Å². The average molecular weight is 296 g/mol. The van der Waals surface area contributed by atoms with Gasteiger partial charge >= 0.3 is 0 Å². The second-order valence-electron chi connectivity index (χ2n) is 5.67. The van der Waals surface area contributed by atoms with Gasteiger partial charge in [-0.2, -0.15) is 0 Å². The molecule has 2 aliphatic rings. The van der Waals surface area contributed by atoms with Crippen molar-refractivity contribution in [2.24, 2.45) is 0 Å². The second-order valence-corrected chi connectivity index (χ2v) is 6.56. The van der Waals surface area contributed by atoms with Gasteiger partial charge < -0.3 is 15.2 Å². The number of ether oxygens (including phenoxy) is 1. The van der Waals surface area contributed by atoms with Gasteiger partial charge in [-0.15, -0.1) is 11.3 Å². The van der Waals surface area contributed by atoms with Crippen molar-refractivity contribution < 1.29 is 14.6 Å². The monoisotopic (exact) mass is 296 g/mol. The van der Waals surface area contributed by atoms with E-state index in [9.17, 15) is 9.90 Å². The lowest BCUT2D eigenvalue weighted by Crippen LogP contribution is -2.49. The molecule has 0 aromatic carbocycles. The molecular formula is C14H20N2O3S. The highest BCUT2D eigenvalue weighted by molar-refractivity contribution is 7.09. The van der Waals surface area contributed by atoms with Gasteiger partial charge in [-0.1, -0.05) is 12.8 Å². The number of aliphatic hydroxyl groups excluding tert-OH is 1. The van der Waals surface area contributed by atoms with Gasteiger partial charge in [-0.3, -0.25) is 4.79 Å². The lowest BCUT2D eigenvalue weighted by molar-refractivity contribution is 0.0832. The predicted octanol–water partition coefficient (Wildman–Crippen LogP) is 2.03. The number of hydrogen-bond donors (Lipinski definition) is 2. The zero-order chi connectivity index (χ0) is 14.0. The van der Waals surface area contributed by atoms with Crippen molar-refractivity contribution in [3.8, 4) is 0 Å². The number of nitrogens with one attached hydrogen (secondary N) is 1. The van der Waals surface area contributed by atoms with Crippen LogP contribution in [0.3, 0.4) is 0 Å². The van der Waals surface area contributed by atoms with Gasteiger partial charge in [0.2, 0.25) is 0 Å². The summed E-state index contributed by atoms with van der Waals surface area (Å²) in [6.07, 6.45) is 5.89. The van der Waals surface area contributed by atoms with Crippen LogP contribution in [-0.2, 0) is 4.74 Å². The van der Waals surface area contributed by atoms with E-state index >= 15 is 0 Å². The van der Waals surface area contributed by atoms with Crippen molar-refractivity contribution in [2.45, 2.75) is 50.2 Å². The molecule has 2 fully saturated rings. The van der Waals surface area contributed by atoms with Crippen LogP contribution in [0.1, 0.15) is 60.1 Å². The summed E-state index contributed by atoms with van der Waals surface area (Å²) >= 11 is 1.48. The van der Waals surface area contributed by atoms with Crippen LogP contribution in [0.2, 0.25) is 0 Å². The van der Waals surface area contributed by atoms with Gasteiger partial charge in [-0.25, -0.2) is 4.98 Å². The summed E-state index contributed by atoms with van der Waals surface area (Å²) in [6.45, 7) is 0.779. The molecule has 20 heavy (non-hydrogen) atoms. The molecule has 1 aliphatic carbocycles. The Balaban J connectivity index is 1.67. The quantitative estimate of drug-likeness (QED) is 0.892. The maximum atomic E-state index is 12.3. The topological polar surface area (TPSA) is 71.5 Å². The molecule has 1 amide bonds. The Bertz CT molecular complexity index is 477. The van der Waals surface area contributed by atoms with Crippen LogP contribution in [0.15, 0.2) is 5.38 Å². The lowest BCUT2D eigenvalue weighted by Gasteiger charge is -2.27. The van der Waals surface area contributed by atoms with E-state index in [0.29, 0.717) is 5.69 Å². The summed E-state index contributed by atoms with van der Waals surface area (Å²) in [4.78, 5) is 16.7. The maximum absolute atomic E-state index is 12.3. The summed E-state index contributed by atoms with van der Waals surface area (Å²) in [6, 6.07) is 0. The molecule has 6 heteroatoms. The molecule has 0 bridgehead atoms. The number of hydrogen-bond acceptors (Lipinski definition) is 5. The third-order valence-electron chi connectivity index (χ3n) is 4.20. The van der Waals surface area contributed by atoms with Crippen LogP contribution >= 0.6 is 11.3 Å². The molecule has 2 heterocycles. The molecule has 2 N–H and O–H groups in total. The van der Waals surface area contributed by atoms with E-state index in [0.717, 1.165) is 50.1 Å². The minimum absolute atomic E-state index is 0.00146. The Morgan fingerprint density at radius 2 is 2.30 bits per heavy atom. The minimum Gasteiger partial charge on any atom is -0.394 e. The summed E-state index contributed by atoms with van der Waals surface area (Å²) in [7, 11) is 0. The highest BCUT2D eigenvalue weighted by atomic mass is 32.1. The first kappa shape index (κ1) is 14.0. The van der Waals surface area contributed by atoms with Gasteiger partial charge in [-0.05, 0) is 25.7 Å². The fraction of sp³-hybridized carbons (Fsp3) is 0.714. The summed E-state index contributed by atoms with van der Waals surface area (Å²) in [5, 5.41) is 15.2. The van der Waals surface area contributed by atoms with Crippen molar-refractivity contribution in [1.29, 1.82) is 0 Å². The molecule has 1 atom stereocenters. The second kappa shape index (κ2) is 5.79. The normalized spacial score (nSPS) is 24.9. The Morgan fingerprint density at radius 1 is 1.50 bits per heavy atom. The predicted molar refractivity (Wildman–Crippen MR) is 75.8 cm³/mol. The molecule has 1 saturated carbocycles.